The molecule has 2 heterocycles. The van der Waals surface area contributed by atoms with Crippen LogP contribution in [0, 0.1) is 11.7 Å². The van der Waals surface area contributed by atoms with E-state index in [4.69, 9.17) is 4.74 Å². The molecule has 28 heavy (non-hydrogen) atoms. The highest BCUT2D eigenvalue weighted by Crippen LogP contribution is 2.36. The summed E-state index contributed by atoms with van der Waals surface area (Å²) in [4.78, 5) is 27.6. The number of nitrogens with one attached hydrogen (secondary N) is 2. The van der Waals surface area contributed by atoms with E-state index in [1.807, 2.05) is 13.8 Å². The molecule has 2 fully saturated rings. The Hall–Kier alpha value is -1.99. The molecule has 0 spiro atoms. The molecule has 1 unspecified atom stereocenters. The lowest BCUT2D eigenvalue weighted by atomic mass is 9.74. The maximum atomic E-state index is 14.4. The number of rotatable bonds is 7. The average molecular weight is 391 g/mol. The Bertz CT molecular complexity index is 733. The second-order valence-electron chi connectivity index (χ2n) is 8.36. The van der Waals surface area contributed by atoms with Crippen molar-refractivity contribution in [2.45, 2.75) is 50.7 Å². The molecule has 2 N–H and O–H groups in total. The zero-order chi connectivity index (χ0) is 20.4. The molecule has 0 radical (unpaired) electrons. The van der Waals surface area contributed by atoms with E-state index in [1.54, 1.807) is 25.3 Å². The number of hydrogen-bond acceptors (Lipinski definition) is 4. The molecule has 2 aliphatic heterocycles. The van der Waals surface area contributed by atoms with E-state index in [1.165, 1.54) is 11.0 Å². The van der Waals surface area contributed by atoms with Gasteiger partial charge in [0.1, 0.15) is 11.4 Å². The van der Waals surface area contributed by atoms with Gasteiger partial charge in [0.25, 0.3) is 5.91 Å². The van der Waals surface area contributed by atoms with Gasteiger partial charge in [-0.1, -0.05) is 18.2 Å². The highest BCUT2D eigenvalue weighted by atomic mass is 19.1. The molecule has 3 amide bonds. The smallest absolute Gasteiger partial charge is 0.325 e. The van der Waals surface area contributed by atoms with Crippen LogP contribution < -0.4 is 10.6 Å². The topological polar surface area (TPSA) is 70.7 Å². The standard InChI is InChI=1S/C21H30FN3O3/c1-20(2,28-3)10-13-25-18(26)21(24-19(25)27,16-8-11-23-12-9-16)14-15-6-4-5-7-17(15)22/h4-7,16,23H,8-14H2,1-3H3,(H,24,27). The monoisotopic (exact) mass is 391 g/mol. The van der Waals surface area contributed by atoms with Crippen LogP contribution in [0.15, 0.2) is 24.3 Å². The normalized spacial score (nSPS) is 23.9. The molecule has 3 rings (SSSR count). The quantitative estimate of drug-likeness (QED) is 0.701. The van der Waals surface area contributed by atoms with Gasteiger partial charge in [0.15, 0.2) is 0 Å². The Kier molecular flexibility index (Phi) is 6.05. The van der Waals surface area contributed by atoms with Gasteiger partial charge in [0.05, 0.1) is 5.60 Å². The highest BCUT2D eigenvalue weighted by Gasteiger charge is 2.55. The molecule has 2 saturated heterocycles. The minimum atomic E-state index is -1.10. The van der Waals surface area contributed by atoms with Crippen molar-refractivity contribution >= 4 is 11.9 Å². The Morgan fingerprint density at radius 1 is 1.25 bits per heavy atom. The van der Waals surface area contributed by atoms with Crippen LogP contribution in [0.5, 0.6) is 0 Å². The number of benzene rings is 1. The second kappa shape index (κ2) is 8.17. The van der Waals surface area contributed by atoms with Crippen LogP contribution in [-0.2, 0) is 16.0 Å². The highest BCUT2D eigenvalue weighted by molar-refractivity contribution is 6.07. The SMILES string of the molecule is COC(C)(C)CCN1C(=O)NC(Cc2ccccc2F)(C2CCNCC2)C1=O. The van der Waals surface area contributed by atoms with Crippen molar-refractivity contribution in [1.29, 1.82) is 0 Å². The van der Waals surface area contributed by atoms with Crippen molar-refractivity contribution in [2.75, 3.05) is 26.7 Å². The van der Waals surface area contributed by atoms with Gasteiger partial charge in [-0.05, 0) is 63.7 Å². The van der Waals surface area contributed by atoms with Crippen molar-refractivity contribution < 1.29 is 18.7 Å². The zero-order valence-electron chi connectivity index (χ0n) is 16.9. The Balaban J connectivity index is 1.89. The van der Waals surface area contributed by atoms with Crippen molar-refractivity contribution in [1.82, 2.24) is 15.5 Å². The first-order valence-electron chi connectivity index (χ1n) is 9.92. The maximum Gasteiger partial charge on any atom is 0.325 e. The number of piperidine rings is 1. The van der Waals surface area contributed by atoms with Gasteiger partial charge in [0, 0.05) is 20.1 Å². The van der Waals surface area contributed by atoms with E-state index in [9.17, 15) is 14.0 Å². The van der Waals surface area contributed by atoms with E-state index in [2.05, 4.69) is 10.6 Å². The van der Waals surface area contributed by atoms with Gasteiger partial charge >= 0.3 is 6.03 Å². The molecule has 0 aliphatic carbocycles. The molecule has 0 aromatic heterocycles. The minimum Gasteiger partial charge on any atom is -0.379 e. The zero-order valence-corrected chi connectivity index (χ0v) is 16.9. The fraction of sp³-hybridized carbons (Fsp3) is 0.619. The lowest BCUT2D eigenvalue weighted by molar-refractivity contribution is -0.134. The fourth-order valence-electron chi connectivity index (χ4n) is 4.13. The van der Waals surface area contributed by atoms with Gasteiger partial charge in [-0.15, -0.1) is 0 Å². The summed E-state index contributed by atoms with van der Waals surface area (Å²) in [6, 6.07) is 6.07. The summed E-state index contributed by atoms with van der Waals surface area (Å²) in [6.07, 6.45) is 2.22. The third-order valence-electron chi connectivity index (χ3n) is 6.16. The van der Waals surface area contributed by atoms with Gasteiger partial charge in [-0.3, -0.25) is 9.69 Å². The van der Waals surface area contributed by atoms with Crippen LogP contribution >= 0.6 is 0 Å². The number of ether oxygens (including phenoxy) is 1. The summed E-state index contributed by atoms with van der Waals surface area (Å²) in [5.41, 5.74) is -1.08. The average Bonchev–Trinajstić information content (AvgIpc) is 2.93. The summed E-state index contributed by atoms with van der Waals surface area (Å²) in [7, 11) is 1.61. The minimum absolute atomic E-state index is 0.0368. The molecular formula is C21H30FN3O3. The number of urea groups is 1. The first kappa shape index (κ1) is 20.7. The van der Waals surface area contributed by atoms with E-state index in [0.29, 0.717) is 12.0 Å². The number of imide groups is 1. The molecule has 2 aliphatic rings. The van der Waals surface area contributed by atoms with Crippen LogP contribution in [-0.4, -0.2) is 54.7 Å². The third kappa shape index (κ3) is 4.05. The number of amides is 3. The van der Waals surface area contributed by atoms with Crippen molar-refractivity contribution in [2.24, 2.45) is 5.92 Å². The molecule has 1 aromatic rings. The molecule has 0 bridgehead atoms. The predicted molar refractivity (Wildman–Crippen MR) is 104 cm³/mol. The number of carbonyl (C=O) groups excluding carboxylic acids is 2. The Labute approximate surface area is 165 Å². The lowest BCUT2D eigenvalue weighted by Crippen LogP contribution is -2.57. The van der Waals surface area contributed by atoms with Crippen LogP contribution in [0.25, 0.3) is 0 Å². The van der Waals surface area contributed by atoms with E-state index in [0.717, 1.165) is 25.9 Å². The molecule has 154 valence electrons. The lowest BCUT2D eigenvalue weighted by Gasteiger charge is -2.38. The van der Waals surface area contributed by atoms with E-state index in [-0.39, 0.29) is 30.6 Å². The van der Waals surface area contributed by atoms with Crippen molar-refractivity contribution in [3.8, 4) is 0 Å². The Morgan fingerprint density at radius 3 is 2.57 bits per heavy atom. The maximum absolute atomic E-state index is 14.4. The molecule has 0 saturated carbocycles. The first-order valence-corrected chi connectivity index (χ1v) is 9.92. The number of halogens is 1. The van der Waals surface area contributed by atoms with Crippen LogP contribution in [0.2, 0.25) is 0 Å². The van der Waals surface area contributed by atoms with Crippen molar-refractivity contribution in [3.05, 3.63) is 35.6 Å². The molecule has 1 aromatic carbocycles. The summed E-state index contributed by atoms with van der Waals surface area (Å²) >= 11 is 0. The van der Waals surface area contributed by atoms with E-state index >= 15 is 0 Å². The summed E-state index contributed by atoms with van der Waals surface area (Å²) in [5, 5.41) is 6.26. The summed E-state index contributed by atoms with van der Waals surface area (Å²) in [6.45, 7) is 5.68. The molecule has 6 nitrogen and oxygen atoms in total. The van der Waals surface area contributed by atoms with Gasteiger partial charge in [-0.2, -0.15) is 0 Å². The Morgan fingerprint density at radius 2 is 1.93 bits per heavy atom. The summed E-state index contributed by atoms with van der Waals surface area (Å²) in [5.74, 6) is -0.637. The molecule has 1 atom stereocenters. The van der Waals surface area contributed by atoms with Crippen molar-refractivity contribution in [3.63, 3.8) is 0 Å². The number of methoxy groups -OCH3 is 1. The molecular weight excluding hydrogens is 361 g/mol. The van der Waals surface area contributed by atoms with Crippen LogP contribution in [0.1, 0.15) is 38.7 Å². The second-order valence-corrected chi connectivity index (χ2v) is 8.36. The van der Waals surface area contributed by atoms with Crippen LogP contribution in [0.3, 0.4) is 0 Å². The van der Waals surface area contributed by atoms with Gasteiger partial charge in [0.2, 0.25) is 0 Å². The fourth-order valence-corrected chi connectivity index (χ4v) is 4.13. The van der Waals surface area contributed by atoms with E-state index < -0.39 is 17.2 Å². The van der Waals surface area contributed by atoms with Gasteiger partial charge in [-0.25, -0.2) is 9.18 Å². The largest absolute Gasteiger partial charge is 0.379 e. The predicted octanol–water partition coefficient (Wildman–Crippen LogP) is 2.47. The third-order valence-corrected chi connectivity index (χ3v) is 6.16. The molecule has 7 heteroatoms. The number of nitrogens with zero attached hydrogens (tertiary/aromatic N) is 1. The number of hydrogen-bond donors (Lipinski definition) is 2. The van der Waals surface area contributed by atoms with Crippen LogP contribution in [0.4, 0.5) is 9.18 Å². The first-order chi connectivity index (χ1) is 13.3. The summed E-state index contributed by atoms with van der Waals surface area (Å²) < 4.78 is 19.8. The van der Waals surface area contributed by atoms with Gasteiger partial charge < -0.3 is 15.4 Å². The number of carbonyl (C=O) groups is 2.